The molecular formula is C21H44N+. The standard InChI is InChI=1S/C21H44N/c1-5-6-7-8-9-10-11-12-13-15-18-22(21(2,3)4)19-16-14-17-20-22/h5-20H2,1-4H3/q+1. The van der Waals surface area contributed by atoms with Crippen LogP contribution in [0.2, 0.25) is 0 Å². The zero-order chi connectivity index (χ0) is 16.3. The van der Waals surface area contributed by atoms with Gasteiger partial charge >= 0.3 is 0 Å². The number of unbranched alkanes of at least 4 members (excludes halogenated alkanes) is 9. The molecule has 0 aromatic rings. The van der Waals surface area contributed by atoms with E-state index in [0.29, 0.717) is 5.54 Å². The van der Waals surface area contributed by atoms with Gasteiger partial charge in [-0.2, -0.15) is 0 Å². The molecule has 0 amide bonds. The minimum atomic E-state index is 0.444. The molecule has 0 aliphatic carbocycles. The van der Waals surface area contributed by atoms with Crippen LogP contribution in [0.25, 0.3) is 0 Å². The Morgan fingerprint density at radius 1 is 0.636 bits per heavy atom. The molecule has 0 aromatic carbocycles. The molecule has 0 atom stereocenters. The van der Waals surface area contributed by atoms with Crippen molar-refractivity contribution in [2.24, 2.45) is 0 Å². The molecule has 0 unspecified atom stereocenters. The number of hydrogen-bond acceptors (Lipinski definition) is 0. The number of nitrogens with zero attached hydrogens (tertiary/aromatic N) is 1. The van der Waals surface area contributed by atoms with Crippen molar-refractivity contribution in [3.8, 4) is 0 Å². The van der Waals surface area contributed by atoms with E-state index in [2.05, 4.69) is 27.7 Å². The summed E-state index contributed by atoms with van der Waals surface area (Å²) in [5.41, 5.74) is 0.444. The van der Waals surface area contributed by atoms with Crippen molar-refractivity contribution in [3.05, 3.63) is 0 Å². The lowest BCUT2D eigenvalue weighted by atomic mass is 9.94. The van der Waals surface area contributed by atoms with Crippen LogP contribution < -0.4 is 0 Å². The zero-order valence-electron chi connectivity index (χ0n) is 16.3. The van der Waals surface area contributed by atoms with E-state index in [0.717, 1.165) is 0 Å². The van der Waals surface area contributed by atoms with E-state index >= 15 is 0 Å². The summed E-state index contributed by atoms with van der Waals surface area (Å²) in [6.07, 6.45) is 18.9. The average molecular weight is 311 g/mol. The summed E-state index contributed by atoms with van der Waals surface area (Å²) in [5.74, 6) is 0. The predicted octanol–water partition coefficient (Wildman–Crippen LogP) is 6.71. The smallest absolute Gasteiger partial charge is 0.0907 e. The van der Waals surface area contributed by atoms with Gasteiger partial charge in [0.2, 0.25) is 0 Å². The Morgan fingerprint density at radius 3 is 1.55 bits per heavy atom. The number of rotatable bonds is 11. The second-order valence-electron chi connectivity index (χ2n) is 8.73. The molecule has 1 aliphatic heterocycles. The van der Waals surface area contributed by atoms with Gasteiger partial charge < -0.3 is 4.48 Å². The summed E-state index contributed by atoms with van der Waals surface area (Å²) >= 11 is 0. The van der Waals surface area contributed by atoms with Crippen LogP contribution in [0.4, 0.5) is 0 Å². The number of likely N-dealkylation sites (tertiary alicyclic amines) is 1. The Labute approximate surface area is 141 Å². The van der Waals surface area contributed by atoms with Crippen molar-refractivity contribution in [2.75, 3.05) is 19.6 Å². The SMILES string of the molecule is CCCCCCCCCCCC[N+]1(C(C)(C)C)CCCCC1. The molecule has 0 radical (unpaired) electrons. The number of piperidine rings is 1. The van der Waals surface area contributed by atoms with Crippen LogP contribution in [0.1, 0.15) is 111 Å². The summed E-state index contributed by atoms with van der Waals surface area (Å²) in [7, 11) is 0. The topological polar surface area (TPSA) is 0 Å². The molecule has 1 rings (SSSR count). The number of hydrogen-bond donors (Lipinski definition) is 0. The summed E-state index contributed by atoms with van der Waals surface area (Å²) in [6.45, 7) is 14.0. The quantitative estimate of drug-likeness (QED) is 0.294. The first-order valence-corrected chi connectivity index (χ1v) is 10.4. The van der Waals surface area contributed by atoms with Crippen LogP contribution in [0.5, 0.6) is 0 Å². The van der Waals surface area contributed by atoms with Crippen LogP contribution in [-0.4, -0.2) is 29.7 Å². The molecule has 1 nitrogen and oxygen atoms in total. The molecule has 1 fully saturated rings. The predicted molar refractivity (Wildman–Crippen MR) is 100 cm³/mol. The fourth-order valence-electron chi connectivity index (χ4n) is 4.25. The Bertz CT molecular complexity index is 258. The third-order valence-corrected chi connectivity index (χ3v) is 6.04. The van der Waals surface area contributed by atoms with Crippen molar-refractivity contribution in [3.63, 3.8) is 0 Å². The first kappa shape index (κ1) is 20.0. The number of quaternary nitrogens is 1. The zero-order valence-corrected chi connectivity index (χ0v) is 16.3. The second-order valence-corrected chi connectivity index (χ2v) is 8.73. The van der Waals surface area contributed by atoms with E-state index < -0.39 is 0 Å². The van der Waals surface area contributed by atoms with Crippen LogP contribution in [0.3, 0.4) is 0 Å². The molecule has 1 heteroatoms. The van der Waals surface area contributed by atoms with Crippen LogP contribution in [0.15, 0.2) is 0 Å². The van der Waals surface area contributed by atoms with E-state index in [-0.39, 0.29) is 0 Å². The highest BCUT2D eigenvalue weighted by Crippen LogP contribution is 2.31. The van der Waals surface area contributed by atoms with Gasteiger partial charge in [0.05, 0.1) is 25.2 Å². The Kier molecular flexibility index (Phi) is 9.71. The molecule has 132 valence electrons. The van der Waals surface area contributed by atoms with Gasteiger partial charge in [-0.05, 0) is 52.9 Å². The lowest BCUT2D eigenvalue weighted by Gasteiger charge is -2.51. The van der Waals surface area contributed by atoms with Crippen LogP contribution >= 0.6 is 0 Å². The van der Waals surface area contributed by atoms with Gasteiger partial charge in [0.1, 0.15) is 0 Å². The monoisotopic (exact) mass is 310 g/mol. The second kappa shape index (κ2) is 10.7. The molecule has 0 saturated carbocycles. The van der Waals surface area contributed by atoms with Crippen molar-refractivity contribution in [1.82, 2.24) is 0 Å². The minimum Gasteiger partial charge on any atom is -0.319 e. The van der Waals surface area contributed by atoms with Gasteiger partial charge in [0, 0.05) is 0 Å². The maximum absolute atomic E-state index is 2.47. The molecule has 22 heavy (non-hydrogen) atoms. The van der Waals surface area contributed by atoms with Gasteiger partial charge in [0.25, 0.3) is 0 Å². The van der Waals surface area contributed by atoms with Crippen LogP contribution in [0, 0.1) is 0 Å². The maximum atomic E-state index is 2.47. The Hall–Kier alpha value is -0.0400. The molecule has 1 saturated heterocycles. The normalized spacial score (nSPS) is 18.5. The molecule has 0 bridgehead atoms. The van der Waals surface area contributed by atoms with E-state index in [1.165, 1.54) is 108 Å². The molecule has 0 aromatic heterocycles. The third kappa shape index (κ3) is 7.02. The summed E-state index contributed by atoms with van der Waals surface area (Å²) in [5, 5.41) is 0. The molecule has 1 aliphatic rings. The minimum absolute atomic E-state index is 0.444. The molecule has 0 spiro atoms. The van der Waals surface area contributed by atoms with Gasteiger partial charge in [-0.15, -0.1) is 0 Å². The summed E-state index contributed by atoms with van der Waals surface area (Å²) in [6, 6.07) is 0. The summed E-state index contributed by atoms with van der Waals surface area (Å²) in [4.78, 5) is 0. The molecule has 1 heterocycles. The molecule has 0 N–H and O–H groups in total. The first-order chi connectivity index (χ1) is 10.5. The lowest BCUT2D eigenvalue weighted by Crippen LogP contribution is -2.62. The van der Waals surface area contributed by atoms with Crippen LogP contribution in [-0.2, 0) is 0 Å². The van der Waals surface area contributed by atoms with Crippen molar-refractivity contribution < 1.29 is 4.48 Å². The Morgan fingerprint density at radius 2 is 1.09 bits per heavy atom. The van der Waals surface area contributed by atoms with Gasteiger partial charge in [-0.25, -0.2) is 0 Å². The summed E-state index contributed by atoms with van der Waals surface area (Å²) < 4.78 is 1.39. The first-order valence-electron chi connectivity index (χ1n) is 10.4. The highest BCUT2D eigenvalue weighted by Gasteiger charge is 2.40. The fraction of sp³-hybridized carbons (Fsp3) is 1.00. The highest BCUT2D eigenvalue weighted by atomic mass is 15.4. The van der Waals surface area contributed by atoms with Gasteiger partial charge in [-0.3, -0.25) is 0 Å². The van der Waals surface area contributed by atoms with Gasteiger partial charge in [0.15, 0.2) is 0 Å². The van der Waals surface area contributed by atoms with E-state index in [4.69, 9.17) is 0 Å². The van der Waals surface area contributed by atoms with E-state index in [1.807, 2.05) is 0 Å². The van der Waals surface area contributed by atoms with E-state index in [9.17, 15) is 0 Å². The van der Waals surface area contributed by atoms with E-state index in [1.54, 1.807) is 0 Å². The van der Waals surface area contributed by atoms with Crippen molar-refractivity contribution in [2.45, 2.75) is 117 Å². The average Bonchev–Trinajstić information content (AvgIpc) is 2.49. The van der Waals surface area contributed by atoms with Crippen molar-refractivity contribution in [1.29, 1.82) is 0 Å². The fourth-order valence-corrected chi connectivity index (χ4v) is 4.25. The molecular weight excluding hydrogens is 266 g/mol. The highest BCUT2D eigenvalue weighted by molar-refractivity contribution is 4.68. The van der Waals surface area contributed by atoms with Gasteiger partial charge in [-0.1, -0.05) is 58.3 Å². The lowest BCUT2D eigenvalue weighted by molar-refractivity contribution is -0.974. The maximum Gasteiger partial charge on any atom is 0.0907 e. The largest absolute Gasteiger partial charge is 0.319 e. The third-order valence-electron chi connectivity index (χ3n) is 6.04. The van der Waals surface area contributed by atoms with Crippen molar-refractivity contribution >= 4 is 0 Å². The Balaban J connectivity index is 2.09.